The average molecular weight is 197 g/mol. The Kier molecular flexibility index (Phi) is 2.81. The van der Waals surface area contributed by atoms with Gasteiger partial charge < -0.3 is 5.73 Å². The largest absolute Gasteiger partial charge is 0.383 e. The van der Waals surface area contributed by atoms with E-state index in [0.29, 0.717) is 5.82 Å². The van der Waals surface area contributed by atoms with E-state index in [4.69, 9.17) is 5.73 Å². The summed E-state index contributed by atoms with van der Waals surface area (Å²) >= 11 is 1.71. The molecule has 0 saturated carbocycles. The van der Waals surface area contributed by atoms with Gasteiger partial charge in [0.25, 0.3) is 0 Å². The van der Waals surface area contributed by atoms with Gasteiger partial charge in [-0.25, -0.2) is 9.97 Å². The average Bonchev–Trinajstić information content (AvgIpc) is 1.96. The highest BCUT2D eigenvalue weighted by Gasteiger charge is 2.15. The molecule has 0 spiro atoms. The highest BCUT2D eigenvalue weighted by molar-refractivity contribution is 8.00. The Morgan fingerprint density at radius 1 is 1.31 bits per heavy atom. The number of thioether (sulfide) groups is 1. The fraction of sp³-hybridized carbons (Fsp3) is 0.556. The van der Waals surface area contributed by atoms with Gasteiger partial charge in [-0.1, -0.05) is 20.8 Å². The van der Waals surface area contributed by atoms with E-state index in [9.17, 15) is 0 Å². The third-order valence-electron chi connectivity index (χ3n) is 1.48. The van der Waals surface area contributed by atoms with Crippen LogP contribution in [0.25, 0.3) is 0 Å². The van der Waals surface area contributed by atoms with Crippen molar-refractivity contribution in [3.05, 3.63) is 11.9 Å². The van der Waals surface area contributed by atoms with Crippen LogP contribution in [0.2, 0.25) is 0 Å². The number of hydrogen-bond donors (Lipinski definition) is 1. The first kappa shape index (κ1) is 10.3. The third kappa shape index (κ3) is 2.88. The number of nitrogen functional groups attached to an aromatic ring is 1. The lowest BCUT2D eigenvalue weighted by molar-refractivity contribution is 0.797. The Morgan fingerprint density at radius 3 is 2.46 bits per heavy atom. The Bertz CT molecular complexity index is 304. The van der Waals surface area contributed by atoms with E-state index >= 15 is 0 Å². The van der Waals surface area contributed by atoms with Crippen LogP contribution in [-0.4, -0.2) is 14.7 Å². The lowest BCUT2D eigenvalue weighted by Crippen LogP contribution is -2.09. The Morgan fingerprint density at radius 2 is 1.92 bits per heavy atom. The number of nitrogens with two attached hydrogens (primary N) is 1. The van der Waals surface area contributed by atoms with Gasteiger partial charge in [-0.3, -0.25) is 0 Å². The molecule has 2 N–H and O–H groups in total. The molecule has 0 fully saturated rings. The number of aromatic nitrogens is 2. The Labute approximate surface area is 83.2 Å². The molecule has 0 unspecified atom stereocenters. The first-order valence-electron chi connectivity index (χ1n) is 4.16. The van der Waals surface area contributed by atoms with Crippen molar-refractivity contribution in [1.82, 2.24) is 9.97 Å². The van der Waals surface area contributed by atoms with Crippen molar-refractivity contribution in [2.24, 2.45) is 0 Å². The second-order valence-corrected chi connectivity index (χ2v) is 5.72. The van der Waals surface area contributed by atoms with Crippen LogP contribution in [0.1, 0.15) is 26.3 Å². The van der Waals surface area contributed by atoms with Crippen molar-refractivity contribution in [3.8, 4) is 0 Å². The van der Waals surface area contributed by atoms with Crippen molar-refractivity contribution in [2.75, 3.05) is 5.73 Å². The number of anilines is 1. The Balaban J connectivity index is 2.96. The molecule has 0 bridgehead atoms. The normalized spacial score (nSPS) is 11.7. The minimum Gasteiger partial charge on any atom is -0.383 e. The van der Waals surface area contributed by atoms with E-state index in [-0.39, 0.29) is 4.75 Å². The van der Waals surface area contributed by atoms with Crippen LogP contribution in [0.4, 0.5) is 5.82 Å². The van der Waals surface area contributed by atoms with Crippen LogP contribution in [0.5, 0.6) is 0 Å². The summed E-state index contributed by atoms with van der Waals surface area (Å²) in [5.41, 5.74) is 6.65. The molecule has 0 aliphatic rings. The fourth-order valence-corrected chi connectivity index (χ4v) is 1.78. The van der Waals surface area contributed by atoms with Gasteiger partial charge in [0.2, 0.25) is 0 Å². The maximum absolute atomic E-state index is 5.68. The predicted octanol–water partition coefficient (Wildman–Crippen LogP) is 2.26. The molecule has 1 aromatic heterocycles. The highest BCUT2D eigenvalue weighted by Crippen LogP contribution is 2.33. The maximum Gasteiger partial charge on any atom is 0.130 e. The van der Waals surface area contributed by atoms with Crippen molar-refractivity contribution in [2.45, 2.75) is 37.5 Å². The van der Waals surface area contributed by atoms with Crippen LogP contribution >= 0.6 is 11.8 Å². The lowest BCUT2D eigenvalue weighted by atomic mass is 10.3. The molecule has 0 aromatic carbocycles. The molecule has 0 radical (unpaired) electrons. The summed E-state index contributed by atoms with van der Waals surface area (Å²) in [6.45, 7) is 8.39. The zero-order valence-electron chi connectivity index (χ0n) is 8.46. The smallest absolute Gasteiger partial charge is 0.130 e. The molecule has 0 aliphatic heterocycles. The molecule has 1 aromatic rings. The van der Waals surface area contributed by atoms with Gasteiger partial charge in [0.1, 0.15) is 17.2 Å². The van der Waals surface area contributed by atoms with Crippen LogP contribution in [0.3, 0.4) is 0 Å². The third-order valence-corrected chi connectivity index (χ3v) is 2.70. The molecule has 0 atom stereocenters. The van der Waals surface area contributed by atoms with E-state index in [2.05, 4.69) is 30.7 Å². The molecule has 4 heteroatoms. The molecular formula is C9H15N3S. The van der Waals surface area contributed by atoms with Gasteiger partial charge in [0, 0.05) is 10.3 Å². The standard InChI is InChI=1S/C9H15N3S/c1-6-7(10)11-5-12-8(6)13-9(2,3)4/h5H,1-4H3,(H2,10,11,12). The van der Waals surface area contributed by atoms with Crippen molar-refractivity contribution in [1.29, 1.82) is 0 Å². The van der Waals surface area contributed by atoms with Crippen LogP contribution in [-0.2, 0) is 0 Å². The van der Waals surface area contributed by atoms with Gasteiger partial charge >= 0.3 is 0 Å². The van der Waals surface area contributed by atoms with E-state index in [1.807, 2.05) is 6.92 Å². The summed E-state index contributed by atoms with van der Waals surface area (Å²) in [5.74, 6) is 0.571. The Hall–Kier alpha value is -0.770. The molecule has 72 valence electrons. The molecule has 13 heavy (non-hydrogen) atoms. The van der Waals surface area contributed by atoms with Crippen molar-refractivity contribution in [3.63, 3.8) is 0 Å². The van der Waals surface area contributed by atoms with E-state index in [0.717, 1.165) is 10.6 Å². The minimum atomic E-state index is 0.158. The summed E-state index contributed by atoms with van der Waals surface area (Å²) in [5, 5.41) is 0.972. The zero-order valence-corrected chi connectivity index (χ0v) is 9.27. The quantitative estimate of drug-likeness (QED) is 0.554. The fourth-order valence-electron chi connectivity index (χ4n) is 0.840. The van der Waals surface area contributed by atoms with E-state index in [1.54, 1.807) is 11.8 Å². The van der Waals surface area contributed by atoms with Crippen LogP contribution in [0, 0.1) is 6.92 Å². The lowest BCUT2D eigenvalue weighted by Gasteiger charge is -2.17. The maximum atomic E-state index is 5.68. The zero-order chi connectivity index (χ0) is 10.1. The summed E-state index contributed by atoms with van der Waals surface area (Å²) in [4.78, 5) is 8.12. The van der Waals surface area contributed by atoms with Crippen LogP contribution < -0.4 is 5.73 Å². The molecule has 0 amide bonds. The molecule has 1 heterocycles. The second-order valence-electron chi connectivity index (χ2n) is 3.90. The van der Waals surface area contributed by atoms with Gasteiger partial charge in [0.05, 0.1) is 0 Å². The number of hydrogen-bond acceptors (Lipinski definition) is 4. The number of nitrogens with zero attached hydrogens (tertiary/aromatic N) is 2. The molecule has 3 nitrogen and oxygen atoms in total. The minimum absolute atomic E-state index is 0.158. The molecule has 0 aliphatic carbocycles. The SMILES string of the molecule is Cc1c(N)ncnc1SC(C)(C)C. The first-order chi connectivity index (χ1) is 5.90. The summed E-state index contributed by atoms with van der Waals surface area (Å²) in [6.07, 6.45) is 1.51. The summed E-state index contributed by atoms with van der Waals surface area (Å²) < 4.78 is 0.158. The number of rotatable bonds is 1. The second kappa shape index (κ2) is 3.54. The summed E-state index contributed by atoms with van der Waals surface area (Å²) in [7, 11) is 0. The monoisotopic (exact) mass is 197 g/mol. The molecule has 1 rings (SSSR count). The van der Waals surface area contributed by atoms with Gasteiger partial charge in [-0.15, -0.1) is 11.8 Å². The van der Waals surface area contributed by atoms with E-state index < -0.39 is 0 Å². The topological polar surface area (TPSA) is 51.8 Å². The van der Waals surface area contributed by atoms with Crippen LogP contribution in [0.15, 0.2) is 11.4 Å². The molecule has 0 saturated heterocycles. The van der Waals surface area contributed by atoms with Crippen molar-refractivity contribution >= 4 is 17.6 Å². The van der Waals surface area contributed by atoms with E-state index in [1.165, 1.54) is 6.33 Å². The predicted molar refractivity (Wildman–Crippen MR) is 56.8 cm³/mol. The first-order valence-corrected chi connectivity index (χ1v) is 4.98. The van der Waals surface area contributed by atoms with Gasteiger partial charge in [-0.05, 0) is 6.92 Å². The van der Waals surface area contributed by atoms with Gasteiger partial charge in [-0.2, -0.15) is 0 Å². The highest BCUT2D eigenvalue weighted by atomic mass is 32.2. The van der Waals surface area contributed by atoms with Gasteiger partial charge in [0.15, 0.2) is 0 Å². The van der Waals surface area contributed by atoms with Crippen molar-refractivity contribution < 1.29 is 0 Å². The summed E-state index contributed by atoms with van der Waals surface area (Å²) in [6, 6.07) is 0. The molecular weight excluding hydrogens is 182 g/mol.